The van der Waals surface area contributed by atoms with Gasteiger partial charge >= 0.3 is 0 Å². The first-order valence-electron chi connectivity index (χ1n) is 8.82. The third kappa shape index (κ3) is 15.8. The van der Waals surface area contributed by atoms with E-state index in [2.05, 4.69) is 28.8 Å². The van der Waals surface area contributed by atoms with Crippen molar-refractivity contribution in [1.82, 2.24) is 0 Å². The van der Waals surface area contributed by atoms with E-state index in [1.165, 1.54) is 12.8 Å². The predicted octanol–water partition coefficient (Wildman–Crippen LogP) is 4.90. The summed E-state index contributed by atoms with van der Waals surface area (Å²) in [5.74, 6) is -0.194. The van der Waals surface area contributed by atoms with E-state index in [0.717, 1.165) is 12.8 Å². The lowest BCUT2D eigenvalue weighted by Gasteiger charge is -2.08. The minimum atomic E-state index is -0.379. The molecule has 26 heavy (non-hydrogen) atoms. The van der Waals surface area contributed by atoms with E-state index in [0.29, 0.717) is 38.1 Å². The Labute approximate surface area is 157 Å². The number of nitrogens with zero attached hydrogens (tertiary/aromatic N) is 6. The van der Waals surface area contributed by atoms with Gasteiger partial charge in [-0.2, -0.15) is 21.0 Å². The highest BCUT2D eigenvalue weighted by molar-refractivity contribution is 4.95. The molecule has 0 fully saturated rings. The lowest BCUT2D eigenvalue weighted by molar-refractivity contribution is 0.456. The predicted molar refractivity (Wildman–Crippen MR) is 98.5 cm³/mol. The van der Waals surface area contributed by atoms with Gasteiger partial charge in [0.25, 0.3) is 0 Å². The second-order valence-electron chi connectivity index (χ2n) is 5.97. The molecule has 0 aromatic rings. The van der Waals surface area contributed by atoms with Crippen molar-refractivity contribution in [3.05, 3.63) is 22.8 Å². The molecule has 0 aromatic carbocycles. The van der Waals surface area contributed by atoms with Crippen molar-refractivity contribution in [3.8, 4) is 24.3 Å². The number of hydrogen-bond donors (Lipinski definition) is 0. The molecule has 3 unspecified atom stereocenters. The first-order chi connectivity index (χ1) is 12.6. The van der Waals surface area contributed by atoms with Crippen LogP contribution in [0.2, 0.25) is 0 Å². The molecule has 0 aliphatic carbocycles. The standard InChI is InChI=1S/C10H10N4.C10H16N2/c1-14-8-10(7-13)5-9(6-12)3-2-4-11;1-3-4-5-10(6-8-11)7-9-12-2/h9-10H,2-3,5,8H2;10H,3-7,9H2,1H3. The van der Waals surface area contributed by atoms with Crippen LogP contribution >= 0.6 is 0 Å². The van der Waals surface area contributed by atoms with Crippen molar-refractivity contribution < 1.29 is 0 Å². The van der Waals surface area contributed by atoms with Gasteiger partial charge in [-0.15, -0.1) is 0 Å². The topological polar surface area (TPSA) is 104 Å². The summed E-state index contributed by atoms with van der Waals surface area (Å²) in [7, 11) is 0. The highest BCUT2D eigenvalue weighted by Crippen LogP contribution is 2.17. The maximum atomic E-state index is 8.72. The van der Waals surface area contributed by atoms with Crippen LogP contribution in [0.25, 0.3) is 9.69 Å². The molecule has 0 aliphatic rings. The van der Waals surface area contributed by atoms with Gasteiger partial charge in [0.2, 0.25) is 13.1 Å². The van der Waals surface area contributed by atoms with Gasteiger partial charge in [-0.1, -0.05) is 19.8 Å². The van der Waals surface area contributed by atoms with Crippen LogP contribution in [0.1, 0.15) is 58.3 Å². The molecule has 136 valence electrons. The van der Waals surface area contributed by atoms with Gasteiger partial charge in [0.15, 0.2) is 0 Å². The Hall–Kier alpha value is -3.06. The van der Waals surface area contributed by atoms with Crippen molar-refractivity contribution in [2.24, 2.45) is 17.8 Å². The van der Waals surface area contributed by atoms with Gasteiger partial charge in [-0.25, -0.2) is 13.1 Å². The van der Waals surface area contributed by atoms with Crippen molar-refractivity contribution in [2.45, 2.75) is 58.3 Å². The summed E-state index contributed by atoms with van der Waals surface area (Å²) in [4.78, 5) is 6.43. The fourth-order valence-corrected chi connectivity index (χ4v) is 2.31. The van der Waals surface area contributed by atoms with E-state index < -0.39 is 0 Å². The van der Waals surface area contributed by atoms with Gasteiger partial charge in [-0.3, -0.25) is 0 Å². The van der Waals surface area contributed by atoms with Crippen molar-refractivity contribution >= 4 is 0 Å². The lowest BCUT2D eigenvalue weighted by Crippen LogP contribution is -2.08. The Morgan fingerprint density at radius 3 is 2.04 bits per heavy atom. The van der Waals surface area contributed by atoms with Crippen LogP contribution in [-0.4, -0.2) is 13.1 Å². The van der Waals surface area contributed by atoms with Crippen LogP contribution in [0, 0.1) is 76.2 Å². The average Bonchev–Trinajstić information content (AvgIpc) is 2.66. The minimum Gasteiger partial charge on any atom is -0.317 e. The molecule has 6 heteroatoms. The molecule has 0 saturated carbocycles. The summed E-state index contributed by atoms with van der Waals surface area (Å²) in [6, 6.07) is 8.20. The summed E-state index contributed by atoms with van der Waals surface area (Å²) >= 11 is 0. The number of rotatable bonds is 11. The Morgan fingerprint density at radius 2 is 1.58 bits per heavy atom. The molecule has 0 bridgehead atoms. The summed E-state index contributed by atoms with van der Waals surface area (Å²) < 4.78 is 0. The second-order valence-corrected chi connectivity index (χ2v) is 5.97. The molecule has 0 saturated heterocycles. The summed E-state index contributed by atoms with van der Waals surface area (Å²) in [5, 5.41) is 34.2. The number of unbranched alkanes of at least 4 members (excludes halogenated alkanes) is 1. The SMILES string of the molecule is [C-]#[N+]CC(C#N)CC(C#N)CCC#N.[C-]#[N+]CCC(CC#N)CCCC. The second kappa shape index (κ2) is 20.0. The molecule has 0 heterocycles. The zero-order chi connectivity index (χ0) is 20.0. The van der Waals surface area contributed by atoms with Gasteiger partial charge in [-0.05, 0) is 25.2 Å². The molecule has 0 N–H and O–H groups in total. The van der Waals surface area contributed by atoms with Gasteiger partial charge in [0.1, 0.15) is 5.92 Å². The highest BCUT2D eigenvalue weighted by atomic mass is 14.6. The molecule has 3 atom stereocenters. The van der Waals surface area contributed by atoms with Crippen LogP contribution in [0.15, 0.2) is 0 Å². The number of nitriles is 4. The van der Waals surface area contributed by atoms with Gasteiger partial charge in [0, 0.05) is 25.2 Å². The van der Waals surface area contributed by atoms with Crippen LogP contribution in [0.5, 0.6) is 0 Å². The summed E-state index contributed by atoms with van der Waals surface area (Å²) in [5.41, 5.74) is 0. The smallest absolute Gasteiger partial charge is 0.230 e. The van der Waals surface area contributed by atoms with E-state index in [1.807, 2.05) is 12.1 Å². The average molecular weight is 350 g/mol. The Kier molecular flexibility index (Phi) is 19.4. The third-order valence-electron chi connectivity index (χ3n) is 3.85. The molecule has 0 rings (SSSR count). The first-order valence-corrected chi connectivity index (χ1v) is 8.82. The summed E-state index contributed by atoms with van der Waals surface area (Å²) in [6.07, 6.45) is 6.21. The molecule has 0 aliphatic heterocycles. The van der Waals surface area contributed by atoms with E-state index in [9.17, 15) is 0 Å². The molecule has 0 spiro atoms. The third-order valence-corrected chi connectivity index (χ3v) is 3.85. The molecule has 6 nitrogen and oxygen atoms in total. The maximum Gasteiger partial charge on any atom is 0.230 e. The van der Waals surface area contributed by atoms with Crippen LogP contribution in [0.4, 0.5) is 0 Å². The van der Waals surface area contributed by atoms with Crippen LogP contribution in [-0.2, 0) is 0 Å². The van der Waals surface area contributed by atoms with Gasteiger partial charge < -0.3 is 9.69 Å². The molecule has 0 aromatic heterocycles. The van der Waals surface area contributed by atoms with E-state index in [-0.39, 0.29) is 18.4 Å². The largest absolute Gasteiger partial charge is 0.317 e. The quantitative estimate of drug-likeness (QED) is 0.494. The first kappa shape index (κ1) is 25.2. The Bertz CT molecular complexity index is 599. The number of hydrogen-bond acceptors (Lipinski definition) is 4. The zero-order valence-electron chi connectivity index (χ0n) is 15.5. The van der Waals surface area contributed by atoms with Crippen LogP contribution in [0.3, 0.4) is 0 Å². The summed E-state index contributed by atoms with van der Waals surface area (Å²) in [6.45, 7) is 16.1. The normalized spacial score (nSPS) is 12.1. The zero-order valence-corrected chi connectivity index (χ0v) is 15.5. The lowest BCUT2D eigenvalue weighted by atomic mass is 9.93. The van der Waals surface area contributed by atoms with Crippen LogP contribution < -0.4 is 0 Å². The fourth-order valence-electron chi connectivity index (χ4n) is 2.31. The van der Waals surface area contributed by atoms with Gasteiger partial charge in [0.05, 0.1) is 24.3 Å². The van der Waals surface area contributed by atoms with Crippen molar-refractivity contribution in [1.29, 1.82) is 21.0 Å². The molecule has 0 radical (unpaired) electrons. The monoisotopic (exact) mass is 350 g/mol. The molecular formula is C20H26N6. The Balaban J connectivity index is 0. The van der Waals surface area contributed by atoms with Crippen molar-refractivity contribution in [3.63, 3.8) is 0 Å². The van der Waals surface area contributed by atoms with E-state index >= 15 is 0 Å². The van der Waals surface area contributed by atoms with E-state index in [1.54, 1.807) is 0 Å². The molecular weight excluding hydrogens is 324 g/mol. The maximum absolute atomic E-state index is 8.72. The van der Waals surface area contributed by atoms with Crippen molar-refractivity contribution in [2.75, 3.05) is 13.1 Å². The molecule has 0 amide bonds. The van der Waals surface area contributed by atoms with E-state index in [4.69, 9.17) is 34.2 Å². The Morgan fingerprint density at radius 1 is 0.885 bits per heavy atom. The minimum absolute atomic E-state index is 0.140. The highest BCUT2D eigenvalue weighted by Gasteiger charge is 2.17. The fraction of sp³-hybridized carbons (Fsp3) is 0.700.